The molecule has 1 nitrogen and oxygen atoms in total. The standard InChI is InChI=1S/C4H5Cl3O/c1-2(5)3(8)4(6)7/h2,4H,1H3. The minimum absolute atomic E-state index is 0.352. The molecule has 0 saturated heterocycles. The van der Waals surface area contributed by atoms with Crippen molar-refractivity contribution in [2.75, 3.05) is 0 Å². The first-order valence-electron chi connectivity index (χ1n) is 2.01. The lowest BCUT2D eigenvalue weighted by atomic mass is 10.3. The fraction of sp³-hybridized carbons (Fsp3) is 0.750. The van der Waals surface area contributed by atoms with Gasteiger partial charge in [-0.05, 0) is 6.92 Å². The smallest absolute Gasteiger partial charge is 0.183 e. The van der Waals surface area contributed by atoms with Crippen molar-refractivity contribution >= 4 is 40.6 Å². The summed E-state index contributed by atoms with van der Waals surface area (Å²) in [6.07, 6.45) is 0. The normalized spacial score (nSPS) is 14.1. The minimum atomic E-state index is -0.984. The number of Topliss-reactive ketones (excluding diaryl/α,β-unsaturated/α-hetero) is 1. The van der Waals surface area contributed by atoms with E-state index in [1.165, 1.54) is 6.92 Å². The SMILES string of the molecule is CC(Cl)C(=O)C(Cl)Cl. The minimum Gasteiger partial charge on any atom is -0.295 e. The second kappa shape index (κ2) is 3.54. The van der Waals surface area contributed by atoms with Gasteiger partial charge in [-0.1, -0.05) is 23.2 Å². The molecular weight excluding hydrogens is 170 g/mol. The molecule has 0 saturated carbocycles. The van der Waals surface area contributed by atoms with Gasteiger partial charge in [0, 0.05) is 0 Å². The quantitative estimate of drug-likeness (QED) is 0.587. The molecule has 0 rings (SSSR count). The molecule has 8 heavy (non-hydrogen) atoms. The van der Waals surface area contributed by atoms with Gasteiger partial charge in [-0.2, -0.15) is 0 Å². The van der Waals surface area contributed by atoms with E-state index >= 15 is 0 Å². The molecule has 1 unspecified atom stereocenters. The number of ketones is 1. The third kappa shape index (κ3) is 2.75. The van der Waals surface area contributed by atoms with Gasteiger partial charge >= 0.3 is 0 Å². The first kappa shape index (κ1) is 8.54. The van der Waals surface area contributed by atoms with Crippen molar-refractivity contribution in [3.05, 3.63) is 0 Å². The van der Waals surface area contributed by atoms with E-state index in [1.807, 2.05) is 0 Å². The summed E-state index contributed by atoms with van der Waals surface area (Å²) in [6, 6.07) is 0. The maximum Gasteiger partial charge on any atom is 0.183 e. The average molecular weight is 175 g/mol. The Labute approximate surface area is 62.9 Å². The van der Waals surface area contributed by atoms with E-state index in [4.69, 9.17) is 34.8 Å². The van der Waals surface area contributed by atoms with Crippen LogP contribution in [0.1, 0.15) is 6.92 Å². The number of alkyl halides is 3. The zero-order valence-corrected chi connectivity index (χ0v) is 6.46. The summed E-state index contributed by atoms with van der Waals surface area (Å²) in [6.45, 7) is 1.53. The highest BCUT2D eigenvalue weighted by Crippen LogP contribution is 2.08. The fourth-order valence-electron chi connectivity index (χ4n) is 0.174. The molecule has 0 aliphatic rings. The highest BCUT2D eigenvalue weighted by molar-refractivity contribution is 6.56. The third-order valence-corrected chi connectivity index (χ3v) is 1.25. The van der Waals surface area contributed by atoms with Gasteiger partial charge in [0.2, 0.25) is 0 Å². The second-order valence-electron chi connectivity index (χ2n) is 1.32. The Balaban J connectivity index is 3.65. The van der Waals surface area contributed by atoms with Crippen molar-refractivity contribution < 1.29 is 4.79 Å². The van der Waals surface area contributed by atoms with Crippen LogP contribution in [-0.4, -0.2) is 16.0 Å². The van der Waals surface area contributed by atoms with E-state index in [0.717, 1.165) is 0 Å². The van der Waals surface area contributed by atoms with Crippen molar-refractivity contribution in [2.45, 2.75) is 17.1 Å². The second-order valence-corrected chi connectivity index (χ2v) is 3.07. The van der Waals surface area contributed by atoms with E-state index in [9.17, 15) is 4.79 Å². The number of rotatable bonds is 2. The van der Waals surface area contributed by atoms with Crippen LogP contribution >= 0.6 is 34.8 Å². The first-order valence-corrected chi connectivity index (χ1v) is 3.32. The van der Waals surface area contributed by atoms with Crippen LogP contribution in [0.2, 0.25) is 0 Å². The summed E-state index contributed by atoms with van der Waals surface area (Å²) < 4.78 is 0. The fourth-order valence-corrected chi connectivity index (χ4v) is 0.807. The van der Waals surface area contributed by atoms with Gasteiger partial charge in [-0.15, -0.1) is 11.6 Å². The summed E-state index contributed by atoms with van der Waals surface area (Å²) in [7, 11) is 0. The molecule has 4 heteroatoms. The zero-order chi connectivity index (χ0) is 6.73. The van der Waals surface area contributed by atoms with Gasteiger partial charge in [0.05, 0.1) is 5.38 Å². The summed E-state index contributed by atoms with van der Waals surface area (Å²) in [5.41, 5.74) is 0. The van der Waals surface area contributed by atoms with Crippen LogP contribution in [0.5, 0.6) is 0 Å². The average Bonchev–Trinajstić information content (AvgIpc) is 1.64. The van der Waals surface area contributed by atoms with Crippen molar-refractivity contribution in [3.63, 3.8) is 0 Å². The van der Waals surface area contributed by atoms with Gasteiger partial charge in [0.1, 0.15) is 0 Å². The maximum absolute atomic E-state index is 10.4. The van der Waals surface area contributed by atoms with E-state index < -0.39 is 10.2 Å². The zero-order valence-electron chi connectivity index (χ0n) is 4.20. The molecule has 0 spiro atoms. The van der Waals surface area contributed by atoms with E-state index in [0.29, 0.717) is 0 Å². The van der Waals surface area contributed by atoms with Gasteiger partial charge in [-0.25, -0.2) is 0 Å². The highest BCUT2D eigenvalue weighted by Gasteiger charge is 2.16. The molecule has 0 bridgehead atoms. The van der Waals surface area contributed by atoms with E-state index in [-0.39, 0.29) is 5.78 Å². The number of carbonyl (C=O) groups is 1. The van der Waals surface area contributed by atoms with Crippen LogP contribution in [-0.2, 0) is 4.79 Å². The molecule has 0 heterocycles. The molecule has 0 aromatic carbocycles. The Morgan fingerprint density at radius 1 is 1.38 bits per heavy atom. The predicted octanol–water partition coefficient (Wildman–Crippen LogP) is 1.99. The van der Waals surface area contributed by atoms with Gasteiger partial charge in [0.15, 0.2) is 10.6 Å². The lowest BCUT2D eigenvalue weighted by molar-refractivity contribution is -0.116. The Kier molecular flexibility index (Phi) is 3.78. The summed E-state index contributed by atoms with van der Waals surface area (Å²) >= 11 is 15.6. The lowest BCUT2D eigenvalue weighted by Gasteiger charge is -1.99. The molecule has 0 radical (unpaired) electrons. The molecule has 0 aromatic heterocycles. The Morgan fingerprint density at radius 3 is 1.75 bits per heavy atom. The molecule has 0 amide bonds. The molecule has 0 aromatic rings. The molecule has 48 valence electrons. The van der Waals surface area contributed by atoms with Crippen LogP contribution in [0.25, 0.3) is 0 Å². The summed E-state index contributed by atoms with van der Waals surface area (Å²) in [5, 5.41) is -0.588. The molecule has 1 atom stereocenters. The Bertz CT molecular complexity index is 79.3. The monoisotopic (exact) mass is 174 g/mol. The van der Waals surface area contributed by atoms with Crippen molar-refractivity contribution in [1.29, 1.82) is 0 Å². The summed E-state index contributed by atoms with van der Waals surface area (Å²) in [5.74, 6) is -0.352. The predicted molar refractivity (Wildman–Crippen MR) is 35.8 cm³/mol. The van der Waals surface area contributed by atoms with Crippen LogP contribution in [0.4, 0.5) is 0 Å². The van der Waals surface area contributed by atoms with Crippen LogP contribution in [0, 0.1) is 0 Å². The van der Waals surface area contributed by atoms with Gasteiger partial charge < -0.3 is 0 Å². The van der Waals surface area contributed by atoms with Gasteiger partial charge in [0.25, 0.3) is 0 Å². The Morgan fingerprint density at radius 2 is 1.75 bits per heavy atom. The first-order chi connectivity index (χ1) is 3.55. The number of carbonyl (C=O) groups excluding carboxylic acids is 1. The summed E-state index contributed by atoms with van der Waals surface area (Å²) in [4.78, 5) is 9.46. The van der Waals surface area contributed by atoms with Crippen molar-refractivity contribution in [1.82, 2.24) is 0 Å². The van der Waals surface area contributed by atoms with Crippen LogP contribution in [0.15, 0.2) is 0 Å². The molecule has 0 fully saturated rings. The maximum atomic E-state index is 10.4. The van der Waals surface area contributed by atoms with Crippen LogP contribution in [0.3, 0.4) is 0 Å². The topological polar surface area (TPSA) is 17.1 Å². The number of halogens is 3. The van der Waals surface area contributed by atoms with Gasteiger partial charge in [-0.3, -0.25) is 4.79 Å². The van der Waals surface area contributed by atoms with E-state index in [2.05, 4.69) is 0 Å². The molecule has 0 N–H and O–H groups in total. The largest absolute Gasteiger partial charge is 0.295 e. The molecule has 0 aliphatic carbocycles. The van der Waals surface area contributed by atoms with Crippen molar-refractivity contribution in [2.24, 2.45) is 0 Å². The molecular formula is C4H5Cl3O. The lowest BCUT2D eigenvalue weighted by Crippen LogP contribution is -2.17. The third-order valence-electron chi connectivity index (χ3n) is 0.607. The van der Waals surface area contributed by atoms with E-state index in [1.54, 1.807) is 0 Å². The number of hydrogen-bond donors (Lipinski definition) is 0. The highest BCUT2D eigenvalue weighted by atomic mass is 35.5. The number of hydrogen-bond acceptors (Lipinski definition) is 1. The van der Waals surface area contributed by atoms with Crippen molar-refractivity contribution in [3.8, 4) is 0 Å². The Hall–Kier alpha value is 0.540. The molecule has 0 aliphatic heterocycles. The van der Waals surface area contributed by atoms with Crippen LogP contribution < -0.4 is 0 Å².